The first kappa shape index (κ1) is 62.7. The van der Waals surface area contributed by atoms with Crippen molar-refractivity contribution in [1.82, 2.24) is 66.4 Å². The summed E-state index contributed by atoms with van der Waals surface area (Å²) in [5, 5.41) is 53.9. The molecule has 9 heterocycles. The number of carboxylic acids is 2. The molecule has 10 bridgehead atoms. The van der Waals surface area contributed by atoms with Gasteiger partial charge < -0.3 is 51.5 Å². The van der Waals surface area contributed by atoms with E-state index >= 15 is 0 Å². The molecule has 0 spiro atoms. The number of likely N-dealkylation sites (tertiary alicyclic amines) is 1. The van der Waals surface area contributed by atoms with Gasteiger partial charge >= 0.3 is 18.0 Å². The van der Waals surface area contributed by atoms with Crippen molar-refractivity contribution in [3.8, 4) is 43.4 Å². The lowest BCUT2D eigenvalue weighted by molar-refractivity contribution is -0.143. The van der Waals surface area contributed by atoms with Crippen molar-refractivity contribution in [2.24, 2.45) is 11.8 Å². The molecule has 1 saturated heterocycles. The number of anilines is 1. The van der Waals surface area contributed by atoms with Crippen molar-refractivity contribution < 1.29 is 58.4 Å². The summed E-state index contributed by atoms with van der Waals surface area (Å²) in [6.07, 6.45) is -1.16. The second-order valence-electron chi connectivity index (χ2n) is 20.5. The third-order valence-corrected chi connectivity index (χ3v) is 19.9. The first-order valence-electron chi connectivity index (χ1n) is 27.2. The van der Waals surface area contributed by atoms with Crippen LogP contribution in [-0.2, 0) is 30.5 Å². The standard InChI is InChI=1S/C56H56N14O12S6/c1-25(2)40-54-68-43(35(88-54)20-82-5)47(77)58-18-38(72)65-44(45(75)27-9-7-6-8-10-27)53-63-34(23-85-53)51-61-32(21-84-51)42-29(49-62-33(22-83-49)46(76)60-31(17-37(71)57-4)52-67-41(26(3)87-52)48(78)66-40)11-12-30(59-42)50-64-36(24-86-50)70(19-39(73)74)56(81)69-15-13-28(14-16-69)55(79)80/h6-12,21-25,28,31,40,44-45,75H,13-20H2,1-5H3,(H,57,71)(H,58,77)(H,60,76)(H,65,72)(H,66,78)(H,73,74)(H,79,80)/t31-,40-,44-,45-/m0/s1. The zero-order chi connectivity index (χ0) is 62.5. The van der Waals surface area contributed by atoms with Crippen molar-refractivity contribution in [2.45, 2.75) is 70.9 Å². The molecule has 8 aromatic rings. The Balaban J connectivity index is 1.05. The highest BCUT2D eigenvalue weighted by molar-refractivity contribution is 7.15. The fourth-order valence-corrected chi connectivity index (χ4v) is 15.1. The predicted molar refractivity (Wildman–Crippen MR) is 329 cm³/mol. The van der Waals surface area contributed by atoms with Gasteiger partial charge in [0.15, 0.2) is 0 Å². The van der Waals surface area contributed by atoms with E-state index in [1.165, 1.54) is 41.2 Å². The largest absolute Gasteiger partial charge is 0.481 e. The van der Waals surface area contributed by atoms with Crippen LogP contribution in [-0.4, -0.2) is 143 Å². The number of thiazole rings is 6. The summed E-state index contributed by atoms with van der Waals surface area (Å²) in [5.74, 6) is -6.16. The molecule has 32 heteroatoms. The first-order chi connectivity index (χ1) is 42.3. The van der Waals surface area contributed by atoms with E-state index in [0.717, 1.165) is 61.6 Å². The molecule has 0 unspecified atom stereocenters. The topological polar surface area (TPSA) is 363 Å². The van der Waals surface area contributed by atoms with E-state index in [2.05, 4.69) is 36.6 Å². The van der Waals surface area contributed by atoms with Gasteiger partial charge in [0.2, 0.25) is 11.8 Å². The highest BCUT2D eigenvalue weighted by Crippen LogP contribution is 2.40. The van der Waals surface area contributed by atoms with Crippen LogP contribution in [0.4, 0.5) is 10.6 Å². The molecule has 26 nitrogen and oxygen atoms in total. The maximum atomic E-state index is 14.4. The number of aliphatic carboxylic acids is 2. The fraction of sp³-hybridized carbons (Fsp3) is 0.339. The van der Waals surface area contributed by atoms with E-state index in [1.54, 1.807) is 60.1 Å². The summed E-state index contributed by atoms with van der Waals surface area (Å²) in [7, 11) is 2.91. The van der Waals surface area contributed by atoms with Gasteiger partial charge in [-0.1, -0.05) is 44.2 Å². The second kappa shape index (κ2) is 27.3. The van der Waals surface area contributed by atoms with E-state index < -0.39 is 90.7 Å². The van der Waals surface area contributed by atoms with Crippen molar-refractivity contribution in [3.05, 3.63) is 111 Å². The summed E-state index contributed by atoms with van der Waals surface area (Å²) < 4.78 is 5.45. The molecule has 8 N–H and O–H groups in total. The first-order valence-corrected chi connectivity index (χ1v) is 32.4. The molecular formula is C56H56N14O12S6. The predicted octanol–water partition coefficient (Wildman–Crippen LogP) is 7.12. The van der Waals surface area contributed by atoms with Gasteiger partial charge in [0.25, 0.3) is 17.7 Å². The number of piperidine rings is 1. The summed E-state index contributed by atoms with van der Waals surface area (Å²) >= 11 is 6.86. The van der Waals surface area contributed by atoms with Gasteiger partial charge in [0, 0.05) is 59.2 Å². The Labute approximate surface area is 525 Å². The summed E-state index contributed by atoms with van der Waals surface area (Å²) in [6, 6.07) is 8.49. The average molecular weight is 1310 g/mol. The number of carbonyl (C=O) groups excluding carboxylic acids is 6. The Morgan fingerprint density at radius 3 is 2.12 bits per heavy atom. The number of aliphatic hydroxyl groups is 1. The molecule has 4 atom stereocenters. The van der Waals surface area contributed by atoms with Crippen LogP contribution in [0.15, 0.2) is 64.0 Å². The monoisotopic (exact) mass is 1310 g/mol. The Bertz CT molecular complexity index is 3940. The fourth-order valence-electron chi connectivity index (χ4n) is 9.57. The van der Waals surface area contributed by atoms with Crippen LogP contribution in [0.25, 0.3) is 43.4 Å². The highest BCUT2D eigenvalue weighted by atomic mass is 32.1. The van der Waals surface area contributed by atoms with Gasteiger partial charge in [-0.25, -0.2) is 39.7 Å². The van der Waals surface area contributed by atoms with Crippen LogP contribution in [0.3, 0.4) is 0 Å². The van der Waals surface area contributed by atoms with Crippen LogP contribution in [0, 0.1) is 18.8 Å². The SMILES string of the molecule is CNC(=O)C[C@@H]1NC(=O)c2csc(n2)-c2ccc(-c3nc(N(CC(=O)O)C(=O)N4CCC(C(=O)O)CC4)cs3)nc2-c2csc(n2)-c2csc(n2)[C@H]([C@@H](O)c2ccccc2)NC(=O)CNC(=O)c2nc(sc2COC)[C@H](C(C)C)NC(=O)c2nc1sc2C. The lowest BCUT2D eigenvalue weighted by Gasteiger charge is -2.33. The number of fused-ring (bicyclic) bond motifs is 14. The highest BCUT2D eigenvalue weighted by Gasteiger charge is 2.35. The van der Waals surface area contributed by atoms with Gasteiger partial charge in [0.05, 0.1) is 48.1 Å². The van der Waals surface area contributed by atoms with Crippen molar-refractivity contribution in [3.63, 3.8) is 0 Å². The molecule has 1 aromatic carbocycles. The van der Waals surface area contributed by atoms with Gasteiger partial charge in [-0.15, -0.1) is 68.0 Å². The molecule has 0 aliphatic carbocycles. The Morgan fingerprint density at radius 1 is 0.716 bits per heavy atom. The average Bonchev–Trinajstić information content (AvgIpc) is 2.82. The molecule has 10 rings (SSSR count). The summed E-state index contributed by atoms with van der Waals surface area (Å²) in [4.78, 5) is 145. The summed E-state index contributed by atoms with van der Waals surface area (Å²) in [6.45, 7) is 4.35. The zero-order valence-electron chi connectivity index (χ0n) is 47.5. The Morgan fingerprint density at radius 2 is 1.41 bits per heavy atom. The molecule has 7 aromatic heterocycles. The number of ether oxygens (including phenoxy) is 1. The van der Waals surface area contributed by atoms with E-state index in [0.29, 0.717) is 63.0 Å². The molecule has 2 aliphatic heterocycles. The minimum absolute atomic E-state index is 0.0158. The van der Waals surface area contributed by atoms with E-state index in [9.17, 15) is 53.7 Å². The van der Waals surface area contributed by atoms with Crippen molar-refractivity contribution in [2.75, 3.05) is 45.2 Å². The lowest BCUT2D eigenvalue weighted by Crippen LogP contribution is -2.49. The van der Waals surface area contributed by atoms with E-state index in [-0.39, 0.29) is 78.5 Å². The van der Waals surface area contributed by atoms with Gasteiger partial charge in [-0.3, -0.25) is 38.5 Å². The number of pyridine rings is 1. The number of nitrogens with zero attached hydrogens (tertiary/aromatic N) is 9. The van der Waals surface area contributed by atoms with Crippen LogP contribution < -0.4 is 31.5 Å². The van der Waals surface area contributed by atoms with Gasteiger partial charge in [-0.05, 0) is 43.4 Å². The lowest BCUT2D eigenvalue weighted by atomic mass is 9.97. The molecule has 0 saturated carbocycles. The maximum Gasteiger partial charge on any atom is 0.326 e. The number of carbonyl (C=O) groups is 8. The summed E-state index contributed by atoms with van der Waals surface area (Å²) in [5.41, 5.74) is 2.16. The van der Waals surface area contributed by atoms with Gasteiger partial charge in [0.1, 0.15) is 88.7 Å². The third kappa shape index (κ3) is 14.0. The number of rotatable bonds is 12. The van der Waals surface area contributed by atoms with Crippen LogP contribution in [0.1, 0.15) is 119 Å². The number of urea groups is 1. The van der Waals surface area contributed by atoms with Gasteiger partial charge in [-0.2, -0.15) is 0 Å². The van der Waals surface area contributed by atoms with E-state index in [4.69, 9.17) is 29.7 Å². The minimum Gasteiger partial charge on any atom is -0.481 e. The Kier molecular flexibility index (Phi) is 19.5. The van der Waals surface area contributed by atoms with Crippen LogP contribution in [0.5, 0.6) is 0 Å². The number of nitrogens with one attached hydrogen (secondary N) is 5. The maximum absolute atomic E-state index is 14.4. The number of aromatic nitrogens is 7. The number of amides is 7. The number of aryl methyl sites for hydroxylation is 1. The smallest absolute Gasteiger partial charge is 0.326 e. The number of benzene rings is 1. The molecule has 2 aliphatic rings. The second-order valence-corrected chi connectivity index (χ2v) is 26.3. The van der Waals surface area contributed by atoms with Crippen LogP contribution in [0.2, 0.25) is 0 Å². The molecule has 88 heavy (non-hydrogen) atoms. The minimum atomic E-state index is -1.31. The molecule has 0 radical (unpaired) electrons. The number of hydrogen-bond acceptors (Lipinski definition) is 23. The van der Waals surface area contributed by atoms with E-state index in [1.807, 2.05) is 13.8 Å². The van der Waals surface area contributed by atoms with Crippen molar-refractivity contribution >= 4 is 121 Å². The Hall–Kier alpha value is -8.37. The molecule has 458 valence electrons. The third-order valence-electron chi connectivity index (χ3n) is 14.1. The van der Waals surface area contributed by atoms with Crippen LogP contribution >= 0.6 is 68.0 Å². The molecule has 7 amide bonds. The number of hydrogen-bond donors (Lipinski definition) is 8. The zero-order valence-corrected chi connectivity index (χ0v) is 52.4. The number of methoxy groups -OCH3 is 1. The normalized spacial score (nSPS) is 17.3. The number of carboxylic acid groups (broad SMARTS) is 2. The molecule has 1 fully saturated rings. The van der Waals surface area contributed by atoms with Crippen molar-refractivity contribution in [1.29, 1.82) is 0 Å². The quantitative estimate of drug-likeness (QED) is 0.0603. The molecular weight excluding hydrogens is 1250 g/mol. The number of aliphatic hydroxyl groups excluding tert-OH is 1.